The van der Waals surface area contributed by atoms with Gasteiger partial charge in [0, 0.05) is 3.57 Å². The molecular formula is C11H13IO4S. The van der Waals surface area contributed by atoms with Gasteiger partial charge in [0.25, 0.3) is 0 Å². The van der Waals surface area contributed by atoms with Crippen LogP contribution in [0.5, 0.6) is 0 Å². The summed E-state index contributed by atoms with van der Waals surface area (Å²) < 4.78 is 29.0. The number of carbonyl (C=O) groups excluding carboxylic acids is 1. The van der Waals surface area contributed by atoms with Crippen LogP contribution in [-0.2, 0) is 25.1 Å². The highest BCUT2D eigenvalue weighted by molar-refractivity contribution is 14.1. The topological polar surface area (TPSA) is 60.4 Å². The fourth-order valence-corrected chi connectivity index (χ4v) is 2.87. The third-order valence-electron chi connectivity index (χ3n) is 1.94. The summed E-state index contributed by atoms with van der Waals surface area (Å²) in [7, 11) is -3.45. The van der Waals surface area contributed by atoms with Crippen LogP contribution in [0.2, 0.25) is 0 Å². The highest BCUT2D eigenvalue weighted by Crippen LogP contribution is 2.10. The van der Waals surface area contributed by atoms with E-state index >= 15 is 0 Å². The predicted molar refractivity (Wildman–Crippen MR) is 73.3 cm³/mol. The minimum atomic E-state index is -3.45. The van der Waals surface area contributed by atoms with Crippen molar-refractivity contribution in [1.29, 1.82) is 0 Å². The van der Waals surface area contributed by atoms with Crippen molar-refractivity contribution >= 4 is 38.4 Å². The Morgan fingerprint density at radius 2 is 1.88 bits per heavy atom. The first-order chi connectivity index (χ1) is 7.93. The van der Waals surface area contributed by atoms with Gasteiger partial charge in [0.15, 0.2) is 9.84 Å². The molecular weight excluding hydrogens is 355 g/mol. The highest BCUT2D eigenvalue weighted by Gasteiger charge is 2.18. The van der Waals surface area contributed by atoms with Gasteiger partial charge in [-0.3, -0.25) is 4.79 Å². The van der Waals surface area contributed by atoms with Gasteiger partial charge in [-0.1, -0.05) is 12.1 Å². The highest BCUT2D eigenvalue weighted by atomic mass is 127. The molecule has 0 amide bonds. The second kappa shape index (κ2) is 6.34. The zero-order valence-electron chi connectivity index (χ0n) is 9.35. The summed E-state index contributed by atoms with van der Waals surface area (Å²) in [5.41, 5.74) is 0.676. The van der Waals surface area contributed by atoms with Gasteiger partial charge in [0.1, 0.15) is 5.75 Å². The van der Waals surface area contributed by atoms with Crippen molar-refractivity contribution in [2.45, 2.75) is 12.7 Å². The molecule has 0 aromatic heterocycles. The number of carbonyl (C=O) groups is 1. The Kier molecular flexibility index (Phi) is 5.38. The van der Waals surface area contributed by atoms with Crippen LogP contribution < -0.4 is 0 Å². The predicted octanol–water partition coefficient (Wildman–Crippen LogP) is 1.77. The Labute approximate surface area is 114 Å². The van der Waals surface area contributed by atoms with Gasteiger partial charge >= 0.3 is 5.97 Å². The smallest absolute Gasteiger partial charge is 0.321 e. The molecule has 0 saturated carbocycles. The van der Waals surface area contributed by atoms with E-state index in [-0.39, 0.29) is 12.4 Å². The van der Waals surface area contributed by atoms with Gasteiger partial charge in [-0.25, -0.2) is 8.42 Å². The van der Waals surface area contributed by atoms with Crippen molar-refractivity contribution in [3.63, 3.8) is 0 Å². The molecule has 0 radical (unpaired) electrons. The molecule has 1 rings (SSSR count). The molecule has 1 aromatic rings. The summed E-state index contributed by atoms with van der Waals surface area (Å²) in [5, 5.41) is 0. The van der Waals surface area contributed by atoms with Crippen LogP contribution >= 0.6 is 22.6 Å². The van der Waals surface area contributed by atoms with E-state index in [4.69, 9.17) is 0 Å². The van der Waals surface area contributed by atoms with Crippen molar-refractivity contribution in [2.75, 3.05) is 12.4 Å². The fourth-order valence-electron chi connectivity index (χ4n) is 1.27. The molecule has 0 spiro atoms. The SMILES string of the molecule is CCOC(=O)CS(=O)(=O)Cc1ccc(I)cc1. The Balaban J connectivity index is 2.66. The largest absolute Gasteiger partial charge is 0.465 e. The third kappa shape index (κ3) is 5.49. The number of esters is 1. The van der Waals surface area contributed by atoms with Crippen molar-refractivity contribution in [1.82, 2.24) is 0 Å². The van der Waals surface area contributed by atoms with Crippen molar-refractivity contribution in [3.8, 4) is 0 Å². The van der Waals surface area contributed by atoms with Crippen LogP contribution in [0.15, 0.2) is 24.3 Å². The average Bonchev–Trinajstić information content (AvgIpc) is 2.20. The summed E-state index contributed by atoms with van der Waals surface area (Å²) in [6, 6.07) is 7.14. The van der Waals surface area contributed by atoms with E-state index in [0.717, 1.165) is 3.57 Å². The maximum Gasteiger partial charge on any atom is 0.321 e. The molecule has 0 aliphatic rings. The maximum absolute atomic E-state index is 11.7. The van der Waals surface area contributed by atoms with Gasteiger partial charge in [0.2, 0.25) is 0 Å². The first-order valence-corrected chi connectivity index (χ1v) is 7.93. The molecule has 1 aromatic carbocycles. The number of hydrogen-bond acceptors (Lipinski definition) is 4. The molecule has 0 unspecified atom stereocenters. The van der Waals surface area contributed by atoms with Gasteiger partial charge < -0.3 is 4.74 Å². The second-order valence-corrected chi connectivity index (χ2v) is 6.77. The van der Waals surface area contributed by atoms with Crippen LogP contribution in [0.3, 0.4) is 0 Å². The lowest BCUT2D eigenvalue weighted by atomic mass is 10.2. The molecule has 0 N–H and O–H groups in total. The Hall–Kier alpha value is -0.630. The zero-order valence-corrected chi connectivity index (χ0v) is 12.3. The molecule has 0 bridgehead atoms. The average molecular weight is 368 g/mol. The summed E-state index contributed by atoms with van der Waals surface area (Å²) in [6.07, 6.45) is 0. The number of hydrogen-bond donors (Lipinski definition) is 0. The van der Waals surface area contributed by atoms with Crippen LogP contribution in [-0.4, -0.2) is 26.7 Å². The number of benzene rings is 1. The van der Waals surface area contributed by atoms with Gasteiger partial charge in [-0.05, 0) is 47.2 Å². The summed E-state index contributed by atoms with van der Waals surface area (Å²) in [6.45, 7) is 1.83. The van der Waals surface area contributed by atoms with Crippen molar-refractivity contribution in [3.05, 3.63) is 33.4 Å². The number of ether oxygens (including phenoxy) is 1. The minimum Gasteiger partial charge on any atom is -0.465 e. The van der Waals surface area contributed by atoms with Crippen LogP contribution in [0.4, 0.5) is 0 Å². The van der Waals surface area contributed by atoms with E-state index < -0.39 is 21.6 Å². The van der Waals surface area contributed by atoms with Crippen LogP contribution in [0.1, 0.15) is 12.5 Å². The van der Waals surface area contributed by atoms with Crippen molar-refractivity contribution in [2.24, 2.45) is 0 Å². The summed E-state index contributed by atoms with van der Waals surface area (Å²) in [5.74, 6) is -1.40. The number of sulfone groups is 1. The normalized spacial score (nSPS) is 11.2. The summed E-state index contributed by atoms with van der Waals surface area (Å²) in [4.78, 5) is 11.1. The van der Waals surface area contributed by atoms with Crippen molar-refractivity contribution < 1.29 is 17.9 Å². The van der Waals surface area contributed by atoms with E-state index in [1.807, 2.05) is 12.1 Å². The molecule has 0 atom stereocenters. The lowest BCUT2D eigenvalue weighted by Gasteiger charge is -2.04. The second-order valence-electron chi connectivity index (χ2n) is 3.46. The first kappa shape index (κ1) is 14.4. The number of rotatable bonds is 5. The van der Waals surface area contributed by atoms with E-state index in [1.165, 1.54) is 0 Å². The molecule has 0 fully saturated rings. The van der Waals surface area contributed by atoms with E-state index in [9.17, 15) is 13.2 Å². The third-order valence-corrected chi connectivity index (χ3v) is 4.11. The Morgan fingerprint density at radius 3 is 2.41 bits per heavy atom. The summed E-state index contributed by atoms with van der Waals surface area (Å²) >= 11 is 2.14. The van der Waals surface area contributed by atoms with Crippen LogP contribution in [0, 0.1) is 3.57 Å². The first-order valence-electron chi connectivity index (χ1n) is 5.03. The Bertz CT molecular complexity index is 479. The molecule has 4 nitrogen and oxygen atoms in total. The Morgan fingerprint density at radius 1 is 1.29 bits per heavy atom. The van der Waals surface area contributed by atoms with Crippen LogP contribution in [0.25, 0.3) is 0 Å². The standard InChI is InChI=1S/C11H13IO4S/c1-2-16-11(13)8-17(14,15)7-9-3-5-10(12)6-4-9/h3-6H,2,7-8H2,1H3. The maximum atomic E-state index is 11.7. The molecule has 17 heavy (non-hydrogen) atoms. The molecule has 0 saturated heterocycles. The monoisotopic (exact) mass is 368 g/mol. The molecule has 6 heteroatoms. The number of halogens is 1. The van der Waals surface area contributed by atoms with Gasteiger partial charge in [-0.15, -0.1) is 0 Å². The molecule has 0 aliphatic heterocycles. The molecule has 94 valence electrons. The zero-order chi connectivity index (χ0) is 12.9. The van der Waals surface area contributed by atoms with Gasteiger partial charge in [0.05, 0.1) is 12.4 Å². The van der Waals surface area contributed by atoms with E-state index in [1.54, 1.807) is 19.1 Å². The molecule has 0 aliphatic carbocycles. The molecule has 0 heterocycles. The van der Waals surface area contributed by atoms with E-state index in [2.05, 4.69) is 27.3 Å². The fraction of sp³-hybridized carbons (Fsp3) is 0.364. The lowest BCUT2D eigenvalue weighted by Crippen LogP contribution is -2.19. The minimum absolute atomic E-state index is 0.136. The van der Waals surface area contributed by atoms with E-state index in [0.29, 0.717) is 5.56 Å². The lowest BCUT2D eigenvalue weighted by molar-refractivity contribution is -0.139. The van der Waals surface area contributed by atoms with Gasteiger partial charge in [-0.2, -0.15) is 0 Å². The quantitative estimate of drug-likeness (QED) is 0.587.